The SMILES string of the molecule is [2H]c1c([2H])c([2H])c(-c2nc(-c3ccc(-c4c5ccccc5cc5c4ccc4ccccc45)cc3)nc(-c3cccc4c3sc3ccccc34)n2)c([2H])c1[2H]. The van der Waals surface area contributed by atoms with Crippen LogP contribution in [0.25, 0.3) is 97.8 Å². The molecule has 0 saturated carbocycles. The zero-order valence-electron chi connectivity index (χ0n) is 31.0. The van der Waals surface area contributed by atoms with Gasteiger partial charge in [0.2, 0.25) is 0 Å². The highest BCUT2D eigenvalue weighted by molar-refractivity contribution is 7.26. The molecule has 0 unspecified atom stereocenters. The van der Waals surface area contributed by atoms with Gasteiger partial charge in [-0.05, 0) is 61.6 Å². The number of hydrogen-bond acceptors (Lipinski definition) is 4. The second kappa shape index (κ2) is 11.2. The Morgan fingerprint density at radius 3 is 1.92 bits per heavy atom. The summed E-state index contributed by atoms with van der Waals surface area (Å²) in [5.74, 6) is 0.705. The molecule has 0 amide bonds. The number of fused-ring (bicyclic) bond motifs is 7. The highest BCUT2D eigenvalue weighted by atomic mass is 32.1. The molecule has 10 rings (SSSR count). The van der Waals surface area contributed by atoms with Crippen LogP contribution < -0.4 is 0 Å². The molecule has 3 nitrogen and oxygen atoms in total. The van der Waals surface area contributed by atoms with E-state index in [0.29, 0.717) is 17.2 Å². The number of thiophene rings is 1. The standard InChI is InChI=1S/C45H27N3S/c1-2-12-30(13-3-1)43-46-44(48-45(47-43)38-19-10-18-37-35-17-8-9-20-40(35)49-42(37)38)31-23-21-29(22-24-31)41-34-16-7-5-14-32(34)27-39-33-15-6-4-11-28(33)25-26-36(39)41/h1-27H/i1D,2D,3D,12D,13D. The molecular formula is C45H27N3S. The molecule has 228 valence electrons. The van der Waals surface area contributed by atoms with Crippen molar-refractivity contribution in [3.63, 3.8) is 0 Å². The molecule has 4 heteroatoms. The summed E-state index contributed by atoms with van der Waals surface area (Å²) in [5.41, 5.74) is 3.58. The van der Waals surface area contributed by atoms with Crippen molar-refractivity contribution in [1.82, 2.24) is 15.0 Å². The quantitative estimate of drug-likeness (QED) is 0.141. The van der Waals surface area contributed by atoms with Crippen LogP contribution in [-0.4, -0.2) is 15.0 Å². The molecule has 0 bridgehead atoms. The van der Waals surface area contributed by atoms with Gasteiger partial charge in [-0.3, -0.25) is 0 Å². The Morgan fingerprint density at radius 1 is 0.429 bits per heavy atom. The summed E-state index contributed by atoms with van der Waals surface area (Å²) in [5, 5.41) is 9.23. The molecule has 2 aromatic heterocycles. The zero-order chi connectivity index (χ0) is 36.7. The predicted molar refractivity (Wildman–Crippen MR) is 207 cm³/mol. The molecule has 0 radical (unpaired) electrons. The van der Waals surface area contributed by atoms with E-state index in [1.54, 1.807) is 11.3 Å². The van der Waals surface area contributed by atoms with Crippen molar-refractivity contribution >= 4 is 63.8 Å². The monoisotopic (exact) mass is 646 g/mol. The van der Waals surface area contributed by atoms with Gasteiger partial charge >= 0.3 is 0 Å². The summed E-state index contributed by atoms with van der Waals surface area (Å²) in [7, 11) is 0. The fourth-order valence-electron chi connectivity index (χ4n) is 6.94. The van der Waals surface area contributed by atoms with Gasteiger partial charge in [-0.25, -0.2) is 15.0 Å². The largest absolute Gasteiger partial charge is 0.208 e. The fourth-order valence-corrected chi connectivity index (χ4v) is 8.15. The van der Waals surface area contributed by atoms with E-state index in [4.69, 9.17) is 21.8 Å². The van der Waals surface area contributed by atoms with E-state index in [9.17, 15) is 0 Å². The van der Waals surface area contributed by atoms with E-state index in [2.05, 4.69) is 97.1 Å². The van der Waals surface area contributed by atoms with Crippen molar-refractivity contribution in [2.45, 2.75) is 0 Å². The molecule has 0 atom stereocenters. The molecule has 10 aromatic rings. The highest BCUT2D eigenvalue weighted by Crippen LogP contribution is 2.41. The summed E-state index contributed by atoms with van der Waals surface area (Å²) < 4.78 is 44.6. The minimum Gasteiger partial charge on any atom is -0.208 e. The zero-order valence-corrected chi connectivity index (χ0v) is 26.8. The normalized spacial score (nSPS) is 13.1. The summed E-state index contributed by atoms with van der Waals surface area (Å²) in [6.07, 6.45) is 0. The van der Waals surface area contributed by atoms with Gasteiger partial charge in [0.05, 0.1) is 6.85 Å². The van der Waals surface area contributed by atoms with Crippen molar-refractivity contribution in [2.75, 3.05) is 0 Å². The minimum atomic E-state index is -0.470. The number of benzene rings is 8. The van der Waals surface area contributed by atoms with Crippen molar-refractivity contribution in [3.8, 4) is 45.3 Å². The highest BCUT2D eigenvalue weighted by Gasteiger charge is 2.17. The van der Waals surface area contributed by atoms with Gasteiger partial charge < -0.3 is 0 Å². The maximum atomic E-state index is 8.76. The van der Waals surface area contributed by atoms with Crippen LogP contribution >= 0.6 is 11.3 Å². The third kappa shape index (κ3) is 4.61. The molecule has 49 heavy (non-hydrogen) atoms. The number of aromatic nitrogens is 3. The second-order valence-corrected chi connectivity index (χ2v) is 13.1. The molecule has 0 aliphatic rings. The first-order valence-electron chi connectivity index (χ1n) is 18.5. The lowest BCUT2D eigenvalue weighted by atomic mass is 9.89. The third-order valence-corrected chi connectivity index (χ3v) is 10.4. The first-order chi connectivity index (χ1) is 26.4. The van der Waals surface area contributed by atoms with Gasteiger partial charge in [0.15, 0.2) is 17.5 Å². The lowest BCUT2D eigenvalue weighted by Crippen LogP contribution is -2.00. The van der Waals surface area contributed by atoms with Crippen molar-refractivity contribution < 1.29 is 6.85 Å². The third-order valence-electron chi connectivity index (χ3n) is 9.21. The molecule has 0 fully saturated rings. The molecule has 0 spiro atoms. The van der Waals surface area contributed by atoms with Crippen LogP contribution in [0.2, 0.25) is 0 Å². The van der Waals surface area contributed by atoms with Crippen LogP contribution in [0.1, 0.15) is 6.85 Å². The second-order valence-electron chi connectivity index (χ2n) is 12.0. The van der Waals surface area contributed by atoms with Crippen LogP contribution in [0, 0.1) is 0 Å². The molecule has 8 aromatic carbocycles. The summed E-state index contributed by atoms with van der Waals surface area (Å²) in [4.78, 5) is 14.6. The van der Waals surface area contributed by atoms with Gasteiger partial charge in [-0.15, -0.1) is 11.3 Å². The van der Waals surface area contributed by atoms with Crippen LogP contribution in [0.15, 0.2) is 164 Å². The first-order valence-corrected chi connectivity index (χ1v) is 16.9. The summed E-state index contributed by atoms with van der Waals surface area (Å²) in [6.45, 7) is 0. The smallest absolute Gasteiger partial charge is 0.165 e. The van der Waals surface area contributed by atoms with Crippen LogP contribution in [0.3, 0.4) is 0 Å². The predicted octanol–water partition coefficient (Wildman–Crippen LogP) is 12.4. The lowest BCUT2D eigenvalue weighted by molar-refractivity contribution is 1.08. The number of hydrogen-bond donors (Lipinski definition) is 0. The van der Waals surface area contributed by atoms with E-state index in [1.807, 2.05) is 36.4 Å². The number of nitrogens with zero attached hydrogens (tertiary/aromatic N) is 3. The Balaban J connectivity index is 1.19. The van der Waals surface area contributed by atoms with E-state index in [-0.39, 0.29) is 23.5 Å². The van der Waals surface area contributed by atoms with Crippen LogP contribution in [-0.2, 0) is 0 Å². The van der Waals surface area contributed by atoms with Gasteiger partial charge in [0, 0.05) is 36.9 Å². The average Bonchev–Trinajstić information content (AvgIpc) is 3.60. The van der Waals surface area contributed by atoms with Crippen molar-refractivity contribution in [2.24, 2.45) is 0 Å². The Labute approximate surface area is 293 Å². The first kappa shape index (κ1) is 23.2. The van der Waals surface area contributed by atoms with E-state index in [1.165, 1.54) is 16.2 Å². The van der Waals surface area contributed by atoms with Gasteiger partial charge in [-0.2, -0.15) is 0 Å². The Morgan fingerprint density at radius 2 is 1.08 bits per heavy atom. The molecule has 0 N–H and O–H groups in total. The van der Waals surface area contributed by atoms with Gasteiger partial charge in [0.1, 0.15) is 0 Å². The molecule has 0 aliphatic carbocycles. The lowest BCUT2D eigenvalue weighted by Gasteiger charge is -2.14. The summed E-state index contributed by atoms with van der Waals surface area (Å²) >= 11 is 1.64. The Hall–Kier alpha value is -6.23. The van der Waals surface area contributed by atoms with Crippen molar-refractivity contribution in [3.05, 3.63) is 164 Å². The molecular weight excluding hydrogens is 615 g/mol. The average molecular weight is 647 g/mol. The van der Waals surface area contributed by atoms with Crippen molar-refractivity contribution in [1.29, 1.82) is 0 Å². The Kier molecular flexibility index (Phi) is 5.29. The van der Waals surface area contributed by atoms with E-state index < -0.39 is 18.1 Å². The number of rotatable bonds is 4. The maximum Gasteiger partial charge on any atom is 0.165 e. The minimum absolute atomic E-state index is 0.0149. The van der Waals surface area contributed by atoms with E-state index in [0.717, 1.165) is 53.0 Å². The van der Waals surface area contributed by atoms with Gasteiger partial charge in [-0.1, -0.05) is 145 Å². The molecule has 0 aliphatic heterocycles. The maximum absolute atomic E-state index is 8.76. The van der Waals surface area contributed by atoms with E-state index >= 15 is 0 Å². The molecule has 0 saturated heterocycles. The summed E-state index contributed by atoms with van der Waals surface area (Å²) in [6, 6.07) is 43.8. The molecule has 2 heterocycles. The fraction of sp³-hybridized carbons (Fsp3) is 0. The Bertz CT molecular complexity index is 3150. The van der Waals surface area contributed by atoms with Crippen LogP contribution in [0.5, 0.6) is 0 Å². The van der Waals surface area contributed by atoms with Gasteiger partial charge in [0.25, 0.3) is 0 Å². The topological polar surface area (TPSA) is 38.7 Å². The van der Waals surface area contributed by atoms with Crippen LogP contribution in [0.4, 0.5) is 0 Å².